The lowest BCUT2D eigenvalue weighted by atomic mass is 10.1. The molecule has 2 aromatic carbocycles. The number of piperazine rings is 1. The number of hydrogen-bond donors (Lipinski definition) is 3. The van der Waals surface area contributed by atoms with Crippen molar-refractivity contribution in [1.82, 2.24) is 9.80 Å². The number of halogens is 2. The van der Waals surface area contributed by atoms with Crippen LogP contribution in [0.1, 0.15) is 5.56 Å². The van der Waals surface area contributed by atoms with Crippen LogP contribution < -0.4 is 10.6 Å². The van der Waals surface area contributed by atoms with Crippen molar-refractivity contribution in [1.29, 1.82) is 0 Å². The first-order valence-corrected chi connectivity index (χ1v) is 8.72. The van der Waals surface area contributed by atoms with Crippen LogP contribution in [0.15, 0.2) is 42.5 Å². The van der Waals surface area contributed by atoms with Crippen molar-refractivity contribution in [3.05, 3.63) is 59.7 Å². The van der Waals surface area contributed by atoms with E-state index in [-0.39, 0.29) is 0 Å². The van der Waals surface area contributed by atoms with Gasteiger partial charge in [-0.2, -0.15) is 0 Å². The standard InChI is InChI=1S/C19H20F2N4O3/c20-14-1-3-16(4-2-14)22-18(26)23-17-10-13(9-15(21)11-17)12-24-5-7-25(8-6-24)19(27)28/h1-4,9-11H,5-8,12H2,(H,27,28)(H2,22,23,26). The van der Waals surface area contributed by atoms with Gasteiger partial charge in [-0.3, -0.25) is 4.90 Å². The van der Waals surface area contributed by atoms with Gasteiger partial charge in [0.1, 0.15) is 11.6 Å². The quantitative estimate of drug-likeness (QED) is 0.747. The predicted octanol–water partition coefficient (Wildman–Crippen LogP) is 3.40. The summed E-state index contributed by atoms with van der Waals surface area (Å²) < 4.78 is 26.9. The van der Waals surface area contributed by atoms with Gasteiger partial charge in [0.05, 0.1) is 0 Å². The average Bonchev–Trinajstić information content (AvgIpc) is 2.63. The zero-order chi connectivity index (χ0) is 20.1. The Hall–Kier alpha value is -3.20. The molecule has 9 heteroatoms. The Balaban J connectivity index is 1.59. The molecule has 28 heavy (non-hydrogen) atoms. The highest BCUT2D eigenvalue weighted by Crippen LogP contribution is 2.17. The van der Waals surface area contributed by atoms with E-state index >= 15 is 0 Å². The first-order valence-electron chi connectivity index (χ1n) is 8.72. The van der Waals surface area contributed by atoms with Crippen LogP contribution in [-0.2, 0) is 6.54 Å². The number of benzene rings is 2. The van der Waals surface area contributed by atoms with Gasteiger partial charge < -0.3 is 20.6 Å². The van der Waals surface area contributed by atoms with Gasteiger partial charge in [-0.15, -0.1) is 0 Å². The molecular formula is C19H20F2N4O3. The second-order valence-corrected chi connectivity index (χ2v) is 6.48. The van der Waals surface area contributed by atoms with E-state index in [0.717, 1.165) is 0 Å². The number of rotatable bonds is 4. The highest BCUT2D eigenvalue weighted by molar-refractivity contribution is 5.99. The summed E-state index contributed by atoms with van der Waals surface area (Å²) >= 11 is 0. The lowest BCUT2D eigenvalue weighted by Gasteiger charge is -2.33. The van der Waals surface area contributed by atoms with Crippen molar-refractivity contribution >= 4 is 23.5 Å². The molecule has 1 fully saturated rings. The maximum Gasteiger partial charge on any atom is 0.407 e. The summed E-state index contributed by atoms with van der Waals surface area (Å²) in [5.41, 5.74) is 1.37. The van der Waals surface area contributed by atoms with Gasteiger partial charge in [-0.1, -0.05) is 0 Å². The number of carbonyl (C=O) groups excluding carboxylic acids is 1. The van der Waals surface area contributed by atoms with E-state index in [9.17, 15) is 18.4 Å². The molecule has 0 aliphatic carbocycles. The van der Waals surface area contributed by atoms with Crippen LogP contribution in [0.5, 0.6) is 0 Å². The molecule has 0 saturated carbocycles. The van der Waals surface area contributed by atoms with E-state index in [4.69, 9.17) is 5.11 Å². The summed E-state index contributed by atoms with van der Waals surface area (Å²) in [5, 5.41) is 14.1. The SMILES string of the molecule is O=C(Nc1ccc(F)cc1)Nc1cc(F)cc(CN2CCN(C(=O)O)CC2)c1. The van der Waals surface area contributed by atoms with Crippen molar-refractivity contribution in [2.75, 3.05) is 36.8 Å². The van der Waals surface area contributed by atoms with Crippen LogP contribution in [0.25, 0.3) is 0 Å². The number of nitrogens with zero attached hydrogens (tertiary/aromatic N) is 2. The number of urea groups is 1. The number of amides is 3. The molecule has 0 radical (unpaired) electrons. The number of nitrogens with one attached hydrogen (secondary N) is 2. The molecule has 2 aromatic rings. The van der Waals surface area contributed by atoms with Crippen LogP contribution in [0.2, 0.25) is 0 Å². The van der Waals surface area contributed by atoms with Gasteiger partial charge in [0, 0.05) is 44.1 Å². The fraction of sp³-hybridized carbons (Fsp3) is 0.263. The Kier molecular flexibility index (Phi) is 6.05. The van der Waals surface area contributed by atoms with Gasteiger partial charge in [-0.25, -0.2) is 18.4 Å². The fourth-order valence-corrected chi connectivity index (χ4v) is 3.00. The summed E-state index contributed by atoms with van der Waals surface area (Å²) in [4.78, 5) is 26.4. The summed E-state index contributed by atoms with van der Waals surface area (Å²) in [5.74, 6) is -0.899. The number of carbonyl (C=O) groups is 2. The highest BCUT2D eigenvalue weighted by atomic mass is 19.1. The highest BCUT2D eigenvalue weighted by Gasteiger charge is 2.20. The van der Waals surface area contributed by atoms with E-state index in [1.807, 2.05) is 4.90 Å². The minimum absolute atomic E-state index is 0.291. The summed E-state index contributed by atoms with van der Waals surface area (Å²) in [6.07, 6.45) is -0.941. The molecule has 148 valence electrons. The third-order valence-electron chi connectivity index (χ3n) is 4.37. The minimum Gasteiger partial charge on any atom is -0.465 e. The Morgan fingerprint density at radius 1 is 0.893 bits per heavy atom. The Morgan fingerprint density at radius 3 is 2.18 bits per heavy atom. The molecule has 3 rings (SSSR count). The van der Waals surface area contributed by atoms with Crippen LogP contribution in [0.4, 0.5) is 29.7 Å². The molecule has 7 nitrogen and oxygen atoms in total. The van der Waals surface area contributed by atoms with Crippen molar-refractivity contribution in [2.24, 2.45) is 0 Å². The smallest absolute Gasteiger partial charge is 0.407 e. The Labute approximate surface area is 160 Å². The molecule has 0 atom stereocenters. The van der Waals surface area contributed by atoms with Crippen molar-refractivity contribution in [2.45, 2.75) is 6.54 Å². The van der Waals surface area contributed by atoms with Crippen LogP contribution in [0, 0.1) is 11.6 Å². The third-order valence-corrected chi connectivity index (χ3v) is 4.37. The molecule has 0 aromatic heterocycles. The number of carboxylic acid groups (broad SMARTS) is 1. The lowest BCUT2D eigenvalue weighted by molar-refractivity contribution is 0.103. The summed E-state index contributed by atoms with van der Waals surface area (Å²) in [7, 11) is 0. The monoisotopic (exact) mass is 390 g/mol. The summed E-state index contributed by atoms with van der Waals surface area (Å²) in [6, 6.07) is 8.96. The molecule has 1 heterocycles. The van der Waals surface area contributed by atoms with Gasteiger partial charge in [0.25, 0.3) is 0 Å². The molecule has 1 saturated heterocycles. The van der Waals surface area contributed by atoms with Gasteiger partial charge in [-0.05, 0) is 48.0 Å². The molecule has 0 spiro atoms. The maximum absolute atomic E-state index is 14.0. The zero-order valence-electron chi connectivity index (χ0n) is 15.0. The van der Waals surface area contributed by atoms with Crippen LogP contribution in [-0.4, -0.2) is 53.2 Å². The van der Waals surface area contributed by atoms with Gasteiger partial charge in [0.2, 0.25) is 0 Å². The maximum atomic E-state index is 14.0. The summed E-state index contributed by atoms with van der Waals surface area (Å²) in [6.45, 7) is 2.35. The predicted molar refractivity (Wildman–Crippen MR) is 100 cm³/mol. The van der Waals surface area contributed by atoms with Gasteiger partial charge >= 0.3 is 12.1 Å². The molecule has 3 amide bonds. The van der Waals surface area contributed by atoms with Crippen LogP contribution in [0.3, 0.4) is 0 Å². The second kappa shape index (κ2) is 8.66. The zero-order valence-corrected chi connectivity index (χ0v) is 15.0. The normalized spacial score (nSPS) is 14.6. The van der Waals surface area contributed by atoms with E-state index in [1.165, 1.54) is 41.3 Å². The molecular weight excluding hydrogens is 370 g/mol. The molecule has 1 aliphatic heterocycles. The van der Waals surface area contributed by atoms with Crippen molar-refractivity contribution < 1.29 is 23.5 Å². The van der Waals surface area contributed by atoms with Crippen LogP contribution >= 0.6 is 0 Å². The first kappa shape index (κ1) is 19.6. The minimum atomic E-state index is -0.941. The van der Waals surface area contributed by atoms with Crippen molar-refractivity contribution in [3.8, 4) is 0 Å². The fourth-order valence-electron chi connectivity index (χ4n) is 3.00. The van der Waals surface area contributed by atoms with E-state index in [1.54, 1.807) is 6.07 Å². The van der Waals surface area contributed by atoms with Gasteiger partial charge in [0.15, 0.2) is 0 Å². The molecule has 0 unspecified atom stereocenters. The molecule has 0 bridgehead atoms. The van der Waals surface area contributed by atoms with E-state index in [0.29, 0.717) is 49.7 Å². The topological polar surface area (TPSA) is 84.9 Å². The number of hydrogen-bond acceptors (Lipinski definition) is 3. The second-order valence-electron chi connectivity index (χ2n) is 6.48. The van der Waals surface area contributed by atoms with E-state index in [2.05, 4.69) is 10.6 Å². The Morgan fingerprint density at radius 2 is 1.54 bits per heavy atom. The lowest BCUT2D eigenvalue weighted by Crippen LogP contribution is -2.47. The molecule has 3 N–H and O–H groups in total. The van der Waals surface area contributed by atoms with Crippen molar-refractivity contribution in [3.63, 3.8) is 0 Å². The first-order chi connectivity index (χ1) is 13.4. The Bertz CT molecular complexity index is 853. The molecule has 1 aliphatic rings. The average molecular weight is 390 g/mol. The van der Waals surface area contributed by atoms with E-state index < -0.39 is 23.8 Å². The largest absolute Gasteiger partial charge is 0.465 e. The number of anilines is 2. The third kappa shape index (κ3) is 5.40.